The second-order valence-corrected chi connectivity index (χ2v) is 3.26. The van der Waals surface area contributed by atoms with Crippen LogP contribution < -0.4 is 9.57 Å². The highest BCUT2D eigenvalue weighted by Crippen LogP contribution is 1.93. The number of aryl methyl sites for hydroxylation is 2. The van der Waals surface area contributed by atoms with Gasteiger partial charge in [-0.15, -0.1) is 0 Å². The van der Waals surface area contributed by atoms with Crippen molar-refractivity contribution >= 4 is 0 Å². The van der Waals surface area contributed by atoms with Crippen molar-refractivity contribution in [1.82, 2.24) is 0 Å². The molecule has 2 nitrogen and oxygen atoms in total. The van der Waals surface area contributed by atoms with Crippen LogP contribution in [-0.2, 0) is 0 Å². The molecule has 1 aromatic heterocycles. The third kappa shape index (κ3) is 1.97. The van der Waals surface area contributed by atoms with E-state index in [-0.39, 0.29) is 6.10 Å². The number of pyridine rings is 1. The number of rotatable bonds is 2. The van der Waals surface area contributed by atoms with E-state index in [2.05, 4.69) is 0 Å². The summed E-state index contributed by atoms with van der Waals surface area (Å²) in [6.07, 6.45) is 0.217. The van der Waals surface area contributed by atoms with Crippen molar-refractivity contribution in [2.45, 2.75) is 33.8 Å². The molecule has 0 saturated heterocycles. The Morgan fingerprint density at radius 2 is 1.67 bits per heavy atom. The van der Waals surface area contributed by atoms with Crippen LogP contribution in [0, 0.1) is 13.8 Å². The molecular weight excluding hydrogens is 150 g/mol. The van der Waals surface area contributed by atoms with Crippen molar-refractivity contribution in [2.75, 3.05) is 0 Å². The molecule has 1 aromatic rings. The van der Waals surface area contributed by atoms with Crippen LogP contribution in [0.25, 0.3) is 0 Å². The molecule has 1 rings (SSSR count). The molecule has 0 atom stereocenters. The predicted octanol–water partition coefficient (Wildman–Crippen LogP) is 1.43. The van der Waals surface area contributed by atoms with E-state index in [9.17, 15) is 0 Å². The van der Waals surface area contributed by atoms with E-state index in [0.717, 1.165) is 11.4 Å². The van der Waals surface area contributed by atoms with E-state index in [1.54, 1.807) is 0 Å². The van der Waals surface area contributed by atoms with Crippen LogP contribution in [0.1, 0.15) is 25.2 Å². The molecule has 2 heteroatoms. The van der Waals surface area contributed by atoms with Gasteiger partial charge in [0, 0.05) is 30.7 Å². The Morgan fingerprint density at radius 1 is 1.17 bits per heavy atom. The molecule has 0 bridgehead atoms. The third-order valence-corrected chi connectivity index (χ3v) is 1.63. The van der Waals surface area contributed by atoms with Gasteiger partial charge in [0.2, 0.25) is 11.4 Å². The van der Waals surface area contributed by atoms with Crippen molar-refractivity contribution in [3.05, 3.63) is 29.6 Å². The SMILES string of the molecule is Cc1cccc(C)[n+]1OC(C)C. The largest absolute Gasteiger partial charge is 0.268 e. The highest BCUT2D eigenvalue weighted by molar-refractivity contribution is 5.00. The summed E-state index contributed by atoms with van der Waals surface area (Å²) in [5, 5.41) is 0. The van der Waals surface area contributed by atoms with Gasteiger partial charge in [-0.3, -0.25) is 4.84 Å². The molecule has 0 saturated carbocycles. The van der Waals surface area contributed by atoms with Gasteiger partial charge in [0.05, 0.1) is 0 Å². The van der Waals surface area contributed by atoms with Crippen molar-refractivity contribution in [3.8, 4) is 0 Å². The summed E-state index contributed by atoms with van der Waals surface area (Å²) in [7, 11) is 0. The molecule has 0 aromatic carbocycles. The standard InChI is InChI=1S/C10H16NO/c1-8(2)12-11-9(3)6-5-7-10(11)4/h5-8H,1-4H3/q+1. The molecule has 0 spiro atoms. The van der Waals surface area contributed by atoms with Crippen LogP contribution in [0.3, 0.4) is 0 Å². The Balaban J connectivity index is 2.96. The van der Waals surface area contributed by atoms with Crippen LogP contribution in [-0.4, -0.2) is 6.10 Å². The van der Waals surface area contributed by atoms with Crippen LogP contribution >= 0.6 is 0 Å². The second kappa shape index (κ2) is 3.57. The minimum absolute atomic E-state index is 0.217. The van der Waals surface area contributed by atoms with Crippen LogP contribution in [0.4, 0.5) is 0 Å². The van der Waals surface area contributed by atoms with Crippen molar-refractivity contribution in [3.63, 3.8) is 0 Å². The summed E-state index contributed by atoms with van der Waals surface area (Å²) in [6.45, 7) is 8.13. The first kappa shape index (κ1) is 9.04. The zero-order valence-electron chi connectivity index (χ0n) is 8.16. The molecule has 0 aliphatic rings. The highest BCUT2D eigenvalue weighted by atomic mass is 16.7. The van der Waals surface area contributed by atoms with E-state index < -0.39 is 0 Å². The summed E-state index contributed by atoms with van der Waals surface area (Å²) in [5.74, 6) is 0. The molecule has 0 amide bonds. The smallest absolute Gasteiger partial charge is 0.231 e. The lowest BCUT2D eigenvalue weighted by Gasteiger charge is -2.04. The van der Waals surface area contributed by atoms with Crippen molar-refractivity contribution < 1.29 is 9.57 Å². The summed E-state index contributed by atoms with van der Waals surface area (Å²) in [6, 6.07) is 6.11. The Hall–Kier alpha value is -1.05. The minimum atomic E-state index is 0.217. The molecule has 66 valence electrons. The van der Waals surface area contributed by atoms with Gasteiger partial charge in [0.25, 0.3) is 0 Å². The molecule has 0 N–H and O–H groups in total. The zero-order chi connectivity index (χ0) is 9.14. The summed E-state index contributed by atoms with van der Waals surface area (Å²) < 4.78 is 1.87. The number of hydrogen-bond acceptors (Lipinski definition) is 1. The van der Waals surface area contributed by atoms with Gasteiger partial charge in [-0.25, -0.2) is 0 Å². The fraction of sp³-hybridized carbons (Fsp3) is 0.500. The number of aromatic nitrogens is 1. The maximum absolute atomic E-state index is 5.59. The third-order valence-electron chi connectivity index (χ3n) is 1.63. The van der Waals surface area contributed by atoms with Gasteiger partial charge in [0.1, 0.15) is 0 Å². The van der Waals surface area contributed by atoms with Gasteiger partial charge in [0.15, 0.2) is 6.10 Å². The maximum atomic E-state index is 5.59. The summed E-state index contributed by atoms with van der Waals surface area (Å²) >= 11 is 0. The Bertz CT molecular complexity index is 248. The molecule has 12 heavy (non-hydrogen) atoms. The highest BCUT2D eigenvalue weighted by Gasteiger charge is 2.12. The van der Waals surface area contributed by atoms with Gasteiger partial charge in [-0.05, 0) is 19.9 Å². The fourth-order valence-corrected chi connectivity index (χ4v) is 1.12. The molecule has 0 radical (unpaired) electrons. The van der Waals surface area contributed by atoms with E-state index in [1.807, 2.05) is 50.6 Å². The fourth-order valence-electron chi connectivity index (χ4n) is 1.12. The lowest BCUT2D eigenvalue weighted by molar-refractivity contribution is -0.905. The van der Waals surface area contributed by atoms with Crippen LogP contribution in [0.2, 0.25) is 0 Å². The molecule has 0 aliphatic carbocycles. The number of hydrogen-bond donors (Lipinski definition) is 0. The lowest BCUT2D eigenvalue weighted by Crippen LogP contribution is -2.50. The zero-order valence-corrected chi connectivity index (χ0v) is 8.16. The quantitative estimate of drug-likeness (QED) is 0.606. The Labute approximate surface area is 73.8 Å². The molecule has 0 aliphatic heterocycles. The molecule has 0 fully saturated rings. The molecule has 1 heterocycles. The van der Waals surface area contributed by atoms with Crippen molar-refractivity contribution in [2.24, 2.45) is 0 Å². The lowest BCUT2D eigenvalue weighted by atomic mass is 10.3. The normalized spacial score (nSPS) is 10.4. The first-order valence-electron chi connectivity index (χ1n) is 4.26. The van der Waals surface area contributed by atoms with Crippen molar-refractivity contribution in [1.29, 1.82) is 0 Å². The predicted molar refractivity (Wildman–Crippen MR) is 47.8 cm³/mol. The molecular formula is C10H16NO+. The van der Waals surface area contributed by atoms with E-state index in [0.29, 0.717) is 0 Å². The Kier molecular flexibility index (Phi) is 2.69. The minimum Gasteiger partial charge on any atom is -0.268 e. The van der Waals surface area contributed by atoms with Gasteiger partial charge < -0.3 is 0 Å². The average Bonchev–Trinajstić information content (AvgIpc) is 1.97. The summed E-state index contributed by atoms with van der Waals surface area (Å²) in [4.78, 5) is 5.59. The van der Waals surface area contributed by atoms with E-state index >= 15 is 0 Å². The first-order chi connectivity index (χ1) is 5.61. The van der Waals surface area contributed by atoms with E-state index in [4.69, 9.17) is 4.84 Å². The average molecular weight is 166 g/mol. The summed E-state index contributed by atoms with van der Waals surface area (Å²) in [5.41, 5.74) is 2.26. The Morgan fingerprint density at radius 3 is 2.08 bits per heavy atom. The van der Waals surface area contributed by atoms with Gasteiger partial charge in [-0.2, -0.15) is 0 Å². The van der Waals surface area contributed by atoms with Gasteiger partial charge in [-0.1, -0.05) is 0 Å². The molecule has 0 unspecified atom stereocenters. The first-order valence-corrected chi connectivity index (χ1v) is 4.26. The van der Waals surface area contributed by atoms with Gasteiger partial charge >= 0.3 is 0 Å². The van der Waals surface area contributed by atoms with Crippen LogP contribution in [0.15, 0.2) is 18.2 Å². The monoisotopic (exact) mass is 166 g/mol. The van der Waals surface area contributed by atoms with Crippen LogP contribution in [0.5, 0.6) is 0 Å². The maximum Gasteiger partial charge on any atom is 0.231 e. The van der Waals surface area contributed by atoms with E-state index in [1.165, 1.54) is 0 Å². The second-order valence-electron chi connectivity index (χ2n) is 3.26. The topological polar surface area (TPSA) is 13.1 Å². The number of nitrogens with zero attached hydrogens (tertiary/aromatic N) is 1.